The fraction of sp³-hybridized carbons (Fsp3) is 0.211. The average molecular weight is 356 g/mol. The minimum Gasteiger partial charge on any atom is -0.368 e. The van der Waals surface area contributed by atoms with Gasteiger partial charge < -0.3 is 5.73 Å². The largest absolute Gasteiger partial charge is 0.368 e. The van der Waals surface area contributed by atoms with Gasteiger partial charge in [0.15, 0.2) is 0 Å². The second kappa shape index (κ2) is 7.97. The highest BCUT2D eigenvalue weighted by molar-refractivity contribution is 7.89. The van der Waals surface area contributed by atoms with E-state index in [4.69, 9.17) is 12.2 Å². The number of hydrogen-bond acceptors (Lipinski definition) is 3. The van der Waals surface area contributed by atoms with Crippen LogP contribution in [0.4, 0.5) is 0 Å². The zero-order valence-corrected chi connectivity index (χ0v) is 14.7. The molecule has 5 nitrogen and oxygen atoms in total. The summed E-state index contributed by atoms with van der Waals surface area (Å²) in [4.78, 5) is 12.1. The van der Waals surface area contributed by atoms with Crippen LogP contribution in [0.15, 0.2) is 59.5 Å². The molecule has 0 fully saturated rings. The molecule has 25 heavy (non-hydrogen) atoms. The van der Waals surface area contributed by atoms with Crippen LogP contribution in [0, 0.1) is 19.3 Å². The molecular formula is C19H20N2O3S. The maximum atomic E-state index is 13.0. The van der Waals surface area contributed by atoms with Gasteiger partial charge in [0.1, 0.15) is 6.04 Å². The topological polar surface area (TPSA) is 80.5 Å². The van der Waals surface area contributed by atoms with Gasteiger partial charge in [-0.05, 0) is 31.0 Å². The van der Waals surface area contributed by atoms with E-state index in [0.29, 0.717) is 0 Å². The van der Waals surface area contributed by atoms with E-state index in [1.165, 1.54) is 12.1 Å². The van der Waals surface area contributed by atoms with Gasteiger partial charge in [-0.15, -0.1) is 6.42 Å². The number of carbonyl (C=O) groups is 1. The van der Waals surface area contributed by atoms with Crippen LogP contribution >= 0.6 is 0 Å². The highest BCUT2D eigenvalue weighted by Crippen LogP contribution is 2.20. The van der Waals surface area contributed by atoms with Crippen molar-refractivity contribution in [1.29, 1.82) is 0 Å². The third kappa shape index (κ3) is 4.47. The maximum Gasteiger partial charge on any atom is 0.244 e. The summed E-state index contributed by atoms with van der Waals surface area (Å²) < 4.78 is 27.0. The van der Waals surface area contributed by atoms with Crippen molar-refractivity contribution in [3.8, 4) is 12.3 Å². The molecule has 0 aromatic heterocycles. The van der Waals surface area contributed by atoms with Crippen LogP contribution in [0.25, 0.3) is 0 Å². The zero-order valence-electron chi connectivity index (χ0n) is 13.9. The molecule has 2 rings (SSSR count). The van der Waals surface area contributed by atoms with Crippen LogP contribution in [0.2, 0.25) is 0 Å². The second-order valence-corrected chi connectivity index (χ2v) is 7.57. The van der Waals surface area contributed by atoms with Crippen molar-refractivity contribution in [3.05, 3.63) is 65.7 Å². The second-order valence-electron chi connectivity index (χ2n) is 5.68. The molecule has 1 atom stereocenters. The monoisotopic (exact) mass is 356 g/mol. The summed E-state index contributed by atoms with van der Waals surface area (Å²) in [5.74, 6) is 1.57. The molecule has 1 amide bonds. The number of nitrogens with zero attached hydrogens (tertiary/aromatic N) is 1. The van der Waals surface area contributed by atoms with Crippen LogP contribution in [0.1, 0.15) is 11.1 Å². The minimum absolute atomic E-state index is 0.0765. The molecule has 0 saturated heterocycles. The van der Waals surface area contributed by atoms with Gasteiger partial charge in [-0.25, -0.2) is 8.42 Å². The molecule has 0 heterocycles. The molecule has 0 spiro atoms. The van der Waals surface area contributed by atoms with E-state index in [1.807, 2.05) is 37.3 Å². The van der Waals surface area contributed by atoms with Crippen molar-refractivity contribution in [3.63, 3.8) is 0 Å². The molecule has 2 N–H and O–H groups in total. The number of terminal acetylenes is 1. The van der Waals surface area contributed by atoms with Crippen LogP contribution < -0.4 is 5.73 Å². The molecule has 0 saturated carbocycles. The summed E-state index contributed by atoms with van der Waals surface area (Å²) >= 11 is 0. The van der Waals surface area contributed by atoms with Crippen molar-refractivity contribution in [2.24, 2.45) is 5.73 Å². The molecule has 0 aliphatic rings. The quantitative estimate of drug-likeness (QED) is 0.767. The van der Waals surface area contributed by atoms with Crippen LogP contribution in [-0.4, -0.2) is 31.2 Å². The number of primary amides is 1. The lowest BCUT2D eigenvalue weighted by Crippen LogP contribution is -2.49. The van der Waals surface area contributed by atoms with Crippen LogP contribution in [-0.2, 0) is 21.2 Å². The lowest BCUT2D eigenvalue weighted by molar-refractivity contribution is -0.121. The molecule has 6 heteroatoms. The number of benzene rings is 2. The number of carbonyl (C=O) groups excluding carboxylic acids is 1. The summed E-state index contributed by atoms with van der Waals surface area (Å²) in [6.45, 7) is 1.62. The number of aryl methyl sites for hydroxylation is 1. The standard InChI is InChI=1S/C19H20N2O3S/c1-3-13-21(25(23,24)17-11-9-15(2)10-12-17)18(19(20)22)14-16-7-5-4-6-8-16/h1,4-12,18H,13-14H2,2H3,(H2,20,22)/t18-/m0/s1. The van der Waals surface area contributed by atoms with E-state index in [9.17, 15) is 13.2 Å². The van der Waals surface area contributed by atoms with Gasteiger partial charge in [0.25, 0.3) is 0 Å². The SMILES string of the molecule is C#CCN([C@@H](Cc1ccccc1)C(N)=O)S(=O)(=O)c1ccc(C)cc1. The van der Waals surface area contributed by atoms with Gasteiger partial charge in [-0.2, -0.15) is 4.31 Å². The van der Waals surface area contributed by atoms with Crippen LogP contribution in [0.5, 0.6) is 0 Å². The van der Waals surface area contributed by atoms with E-state index in [1.54, 1.807) is 12.1 Å². The highest BCUT2D eigenvalue weighted by atomic mass is 32.2. The van der Waals surface area contributed by atoms with Crippen molar-refractivity contribution in [2.45, 2.75) is 24.3 Å². The number of hydrogen-bond donors (Lipinski definition) is 1. The number of sulfonamides is 1. The maximum absolute atomic E-state index is 13.0. The Morgan fingerprint density at radius 2 is 1.76 bits per heavy atom. The first-order valence-corrected chi connectivity index (χ1v) is 9.15. The molecule has 2 aromatic rings. The molecule has 2 aromatic carbocycles. The Balaban J connectivity index is 2.43. The summed E-state index contributed by atoms with van der Waals surface area (Å²) in [5, 5.41) is 0. The molecule has 0 aliphatic heterocycles. The molecule has 0 radical (unpaired) electrons. The zero-order chi connectivity index (χ0) is 18.4. The molecule has 130 valence electrons. The Hall–Kier alpha value is -2.62. The van der Waals surface area contributed by atoms with Crippen molar-refractivity contribution >= 4 is 15.9 Å². The van der Waals surface area contributed by atoms with Gasteiger partial charge in [-0.3, -0.25) is 4.79 Å². The predicted molar refractivity (Wildman–Crippen MR) is 97.0 cm³/mol. The number of rotatable bonds is 7. The number of nitrogens with two attached hydrogens (primary N) is 1. The Morgan fingerprint density at radius 1 is 1.16 bits per heavy atom. The summed E-state index contributed by atoms with van der Waals surface area (Å²) in [6, 6.07) is 14.4. The third-order valence-electron chi connectivity index (χ3n) is 3.82. The summed E-state index contributed by atoms with van der Waals surface area (Å²) in [6.07, 6.45) is 5.51. The van der Waals surface area contributed by atoms with Gasteiger partial charge in [0, 0.05) is 0 Å². The first kappa shape index (κ1) is 18.7. The summed E-state index contributed by atoms with van der Waals surface area (Å²) in [7, 11) is -3.95. The van der Waals surface area contributed by atoms with Crippen LogP contribution in [0.3, 0.4) is 0 Å². The Bertz CT molecular complexity index is 869. The highest BCUT2D eigenvalue weighted by Gasteiger charge is 2.34. The fourth-order valence-corrected chi connectivity index (χ4v) is 3.99. The number of amides is 1. The Kier molecular flexibility index (Phi) is 5.97. The van der Waals surface area contributed by atoms with E-state index in [2.05, 4.69) is 5.92 Å². The van der Waals surface area contributed by atoms with Gasteiger partial charge >= 0.3 is 0 Å². The normalized spacial score (nSPS) is 12.5. The van der Waals surface area contributed by atoms with Gasteiger partial charge in [-0.1, -0.05) is 53.9 Å². The smallest absolute Gasteiger partial charge is 0.244 e. The van der Waals surface area contributed by atoms with E-state index in [-0.39, 0.29) is 17.9 Å². The van der Waals surface area contributed by atoms with Crippen molar-refractivity contribution in [2.75, 3.05) is 6.54 Å². The fourth-order valence-electron chi connectivity index (χ4n) is 2.48. The van der Waals surface area contributed by atoms with Gasteiger partial charge in [0.05, 0.1) is 11.4 Å². The molecule has 0 unspecified atom stereocenters. The average Bonchev–Trinajstić information content (AvgIpc) is 2.59. The third-order valence-corrected chi connectivity index (χ3v) is 5.69. The first-order valence-electron chi connectivity index (χ1n) is 7.71. The Morgan fingerprint density at radius 3 is 2.28 bits per heavy atom. The van der Waals surface area contributed by atoms with Crippen molar-refractivity contribution in [1.82, 2.24) is 4.31 Å². The van der Waals surface area contributed by atoms with Crippen molar-refractivity contribution < 1.29 is 13.2 Å². The lowest BCUT2D eigenvalue weighted by Gasteiger charge is -2.27. The minimum atomic E-state index is -3.95. The molecule has 0 aliphatic carbocycles. The summed E-state index contributed by atoms with van der Waals surface area (Å²) in [5.41, 5.74) is 7.23. The first-order chi connectivity index (χ1) is 11.9. The van der Waals surface area contributed by atoms with E-state index >= 15 is 0 Å². The lowest BCUT2D eigenvalue weighted by atomic mass is 10.1. The molecule has 0 bridgehead atoms. The molecular weight excluding hydrogens is 336 g/mol. The predicted octanol–water partition coefficient (Wildman–Crippen LogP) is 1.72. The van der Waals surface area contributed by atoms with Gasteiger partial charge in [0.2, 0.25) is 15.9 Å². The Labute approximate surface area is 148 Å². The van der Waals surface area contributed by atoms with E-state index in [0.717, 1.165) is 15.4 Å². The van der Waals surface area contributed by atoms with E-state index < -0.39 is 22.0 Å².